The van der Waals surface area contributed by atoms with Crippen LogP contribution in [0.5, 0.6) is 0 Å². The number of non-ortho nitro benzene ring substituents is 1. The van der Waals surface area contributed by atoms with Gasteiger partial charge in [0, 0.05) is 32.0 Å². The number of carbonyl (C=O) groups is 2. The molecular weight excluding hydrogens is 366 g/mol. The molecule has 10 nitrogen and oxygen atoms in total. The number of rotatable bonds is 14. The third-order valence-corrected chi connectivity index (χ3v) is 4.31. The lowest BCUT2D eigenvalue weighted by Gasteiger charge is -2.07. The quantitative estimate of drug-likeness (QED) is 0.217. The molecule has 1 amide bonds. The number of aromatic nitrogens is 2. The van der Waals surface area contributed by atoms with Crippen LogP contribution in [0.15, 0.2) is 16.8 Å². The Morgan fingerprint density at radius 2 is 1.82 bits per heavy atom. The van der Waals surface area contributed by atoms with E-state index >= 15 is 0 Å². The predicted molar refractivity (Wildman–Crippen MR) is 103 cm³/mol. The first-order valence-electron chi connectivity index (χ1n) is 9.47. The second kappa shape index (κ2) is 11.6. The molecule has 0 saturated carbocycles. The Balaban J connectivity index is 1.60. The van der Waals surface area contributed by atoms with Gasteiger partial charge in [0.2, 0.25) is 11.4 Å². The van der Waals surface area contributed by atoms with E-state index in [2.05, 4.69) is 25.6 Å². The number of carbonyl (C=O) groups excluding carboxylic acids is 2. The summed E-state index contributed by atoms with van der Waals surface area (Å²) in [4.78, 5) is 32.4. The number of nitrogens with one attached hydrogen (secondary N) is 2. The Kier molecular flexibility index (Phi) is 8.83. The molecule has 10 heteroatoms. The largest absolute Gasteiger partial charge is 0.383 e. The van der Waals surface area contributed by atoms with Gasteiger partial charge in [-0.3, -0.25) is 14.9 Å². The first kappa shape index (κ1) is 21.3. The average molecular weight is 391 g/mol. The molecule has 0 aliphatic carbocycles. The van der Waals surface area contributed by atoms with Crippen molar-refractivity contribution in [2.24, 2.45) is 0 Å². The number of benzene rings is 1. The number of nitro benzene ring substituents is 1. The zero-order valence-electron chi connectivity index (χ0n) is 15.7. The van der Waals surface area contributed by atoms with Crippen molar-refractivity contribution < 1.29 is 19.1 Å². The highest BCUT2D eigenvalue weighted by atomic mass is 16.6. The van der Waals surface area contributed by atoms with Crippen LogP contribution >= 0.6 is 0 Å². The summed E-state index contributed by atoms with van der Waals surface area (Å²) in [6.45, 7) is 1.30. The van der Waals surface area contributed by atoms with Gasteiger partial charge < -0.3 is 15.4 Å². The SMILES string of the molecule is O=CCCCCCNC(=O)CCCCCNc1ccc([N+](=O)[O-])c2nonc12. The Bertz CT molecular complexity index is 792. The molecule has 2 aromatic rings. The fourth-order valence-corrected chi connectivity index (χ4v) is 2.80. The maximum atomic E-state index is 11.7. The van der Waals surface area contributed by atoms with E-state index < -0.39 is 4.92 Å². The molecule has 0 unspecified atom stereocenters. The Labute approximate surface area is 162 Å². The van der Waals surface area contributed by atoms with E-state index in [0.29, 0.717) is 37.1 Å². The van der Waals surface area contributed by atoms with Crippen LogP contribution in [0.25, 0.3) is 11.0 Å². The van der Waals surface area contributed by atoms with Gasteiger partial charge in [0.1, 0.15) is 6.29 Å². The van der Waals surface area contributed by atoms with Gasteiger partial charge in [0.05, 0.1) is 10.6 Å². The average Bonchev–Trinajstić information content (AvgIpc) is 3.17. The number of anilines is 1. The van der Waals surface area contributed by atoms with E-state index in [9.17, 15) is 19.7 Å². The molecule has 1 aromatic heterocycles. The zero-order valence-corrected chi connectivity index (χ0v) is 15.7. The molecular formula is C18H25N5O5. The van der Waals surface area contributed by atoms with Crippen molar-refractivity contribution in [1.29, 1.82) is 0 Å². The molecule has 0 bridgehead atoms. The van der Waals surface area contributed by atoms with E-state index in [0.717, 1.165) is 44.8 Å². The van der Waals surface area contributed by atoms with Crippen molar-refractivity contribution in [2.45, 2.75) is 51.4 Å². The maximum absolute atomic E-state index is 11.7. The molecule has 0 saturated heterocycles. The first-order chi connectivity index (χ1) is 13.6. The highest BCUT2D eigenvalue weighted by molar-refractivity contribution is 5.93. The summed E-state index contributed by atoms with van der Waals surface area (Å²) in [7, 11) is 0. The van der Waals surface area contributed by atoms with E-state index in [-0.39, 0.29) is 17.1 Å². The van der Waals surface area contributed by atoms with Crippen LogP contribution in [0.1, 0.15) is 51.4 Å². The normalized spacial score (nSPS) is 10.7. The van der Waals surface area contributed by atoms with Crippen LogP contribution in [0.4, 0.5) is 11.4 Å². The second-order valence-corrected chi connectivity index (χ2v) is 6.45. The monoisotopic (exact) mass is 391 g/mol. The zero-order chi connectivity index (χ0) is 20.2. The molecule has 0 atom stereocenters. The second-order valence-electron chi connectivity index (χ2n) is 6.45. The molecule has 28 heavy (non-hydrogen) atoms. The highest BCUT2D eigenvalue weighted by Gasteiger charge is 2.19. The molecule has 0 aliphatic rings. The minimum atomic E-state index is -0.521. The minimum Gasteiger partial charge on any atom is -0.383 e. The Morgan fingerprint density at radius 3 is 2.61 bits per heavy atom. The van der Waals surface area contributed by atoms with E-state index in [1.54, 1.807) is 6.07 Å². The number of hydrogen-bond donors (Lipinski definition) is 2. The van der Waals surface area contributed by atoms with Crippen LogP contribution in [0.3, 0.4) is 0 Å². The van der Waals surface area contributed by atoms with Crippen LogP contribution in [0.2, 0.25) is 0 Å². The standard InChI is InChI=1S/C18H25N5O5/c24-13-7-2-1-5-12-20-16(25)8-4-3-6-11-19-14-9-10-15(23(26)27)18-17(14)21-28-22-18/h9-10,13,19H,1-8,11-12H2,(H,20,25). The van der Waals surface area contributed by atoms with Crippen molar-refractivity contribution in [3.8, 4) is 0 Å². The molecule has 2 rings (SSSR count). The van der Waals surface area contributed by atoms with Gasteiger partial charge in [-0.05, 0) is 42.1 Å². The van der Waals surface area contributed by atoms with Gasteiger partial charge >= 0.3 is 5.69 Å². The first-order valence-corrected chi connectivity index (χ1v) is 9.47. The third-order valence-electron chi connectivity index (χ3n) is 4.31. The number of aldehydes is 1. The van der Waals surface area contributed by atoms with Crippen molar-refractivity contribution in [2.75, 3.05) is 18.4 Å². The highest BCUT2D eigenvalue weighted by Crippen LogP contribution is 2.28. The van der Waals surface area contributed by atoms with Crippen molar-refractivity contribution in [3.63, 3.8) is 0 Å². The molecule has 152 valence electrons. The number of unbranched alkanes of at least 4 members (excludes halogenated alkanes) is 5. The van der Waals surface area contributed by atoms with Gasteiger partial charge in [-0.25, -0.2) is 4.63 Å². The summed E-state index contributed by atoms with van der Waals surface area (Å²) in [5, 5.41) is 24.4. The van der Waals surface area contributed by atoms with Crippen LogP contribution in [-0.2, 0) is 9.59 Å². The van der Waals surface area contributed by atoms with Gasteiger partial charge in [0.15, 0.2) is 5.52 Å². The fraction of sp³-hybridized carbons (Fsp3) is 0.556. The summed E-state index contributed by atoms with van der Waals surface area (Å²) in [6.07, 6.45) is 7.23. The Morgan fingerprint density at radius 1 is 1.07 bits per heavy atom. The topological polar surface area (TPSA) is 140 Å². The van der Waals surface area contributed by atoms with Crippen molar-refractivity contribution >= 4 is 34.6 Å². The molecule has 0 fully saturated rings. The number of nitrogens with zero attached hydrogens (tertiary/aromatic N) is 3. The van der Waals surface area contributed by atoms with Crippen LogP contribution < -0.4 is 10.6 Å². The van der Waals surface area contributed by atoms with Gasteiger partial charge in [-0.2, -0.15) is 0 Å². The fourth-order valence-electron chi connectivity index (χ4n) is 2.80. The lowest BCUT2D eigenvalue weighted by atomic mass is 10.1. The summed E-state index contributed by atoms with van der Waals surface area (Å²) in [5.74, 6) is 0.0501. The lowest BCUT2D eigenvalue weighted by molar-refractivity contribution is -0.383. The van der Waals surface area contributed by atoms with Gasteiger partial charge in [-0.1, -0.05) is 12.8 Å². The molecule has 0 aliphatic heterocycles. The number of nitro groups is 1. The van der Waals surface area contributed by atoms with E-state index in [1.807, 2.05) is 0 Å². The molecule has 2 N–H and O–H groups in total. The van der Waals surface area contributed by atoms with Gasteiger partial charge in [0.25, 0.3) is 0 Å². The summed E-state index contributed by atoms with van der Waals surface area (Å²) < 4.78 is 4.62. The predicted octanol–water partition coefficient (Wildman–Crippen LogP) is 2.98. The number of amides is 1. The minimum absolute atomic E-state index is 0.0501. The summed E-state index contributed by atoms with van der Waals surface area (Å²) in [5.41, 5.74) is 0.949. The van der Waals surface area contributed by atoms with E-state index in [4.69, 9.17) is 0 Å². The van der Waals surface area contributed by atoms with E-state index in [1.165, 1.54) is 6.07 Å². The lowest BCUT2D eigenvalue weighted by Crippen LogP contribution is -2.24. The maximum Gasteiger partial charge on any atom is 0.300 e. The van der Waals surface area contributed by atoms with Crippen molar-refractivity contribution in [3.05, 3.63) is 22.2 Å². The van der Waals surface area contributed by atoms with Crippen molar-refractivity contribution in [1.82, 2.24) is 15.6 Å². The smallest absolute Gasteiger partial charge is 0.300 e. The number of fused-ring (bicyclic) bond motifs is 1. The third kappa shape index (κ3) is 6.60. The molecule has 1 aromatic carbocycles. The molecule has 0 radical (unpaired) electrons. The molecule has 0 spiro atoms. The molecule has 1 heterocycles. The van der Waals surface area contributed by atoms with Crippen LogP contribution in [0, 0.1) is 10.1 Å². The Hall–Kier alpha value is -3.04. The van der Waals surface area contributed by atoms with Gasteiger partial charge in [-0.15, -0.1) is 0 Å². The summed E-state index contributed by atoms with van der Waals surface area (Å²) in [6, 6.07) is 2.96. The van der Waals surface area contributed by atoms with Crippen LogP contribution in [-0.4, -0.2) is 40.5 Å². The summed E-state index contributed by atoms with van der Waals surface area (Å²) >= 11 is 0. The number of hydrogen-bond acceptors (Lipinski definition) is 8.